The fourth-order valence-corrected chi connectivity index (χ4v) is 2.35. The molecule has 3 rings (SSSR count). The molecule has 1 aliphatic heterocycles. The molecule has 88 valence electrons. The minimum absolute atomic E-state index is 0.0877. The highest BCUT2D eigenvalue weighted by molar-refractivity contribution is 6.08. The molecule has 0 spiro atoms. The van der Waals surface area contributed by atoms with Crippen LogP contribution in [-0.2, 0) is 4.74 Å². The van der Waals surface area contributed by atoms with Crippen molar-refractivity contribution < 1.29 is 13.9 Å². The summed E-state index contributed by atoms with van der Waals surface area (Å²) < 4.78 is 10.7. The lowest BCUT2D eigenvalue weighted by Crippen LogP contribution is -2.23. The van der Waals surface area contributed by atoms with Gasteiger partial charge in [-0.05, 0) is 18.9 Å². The second kappa shape index (κ2) is 4.34. The minimum atomic E-state index is 0.0877. The SMILES string of the molecule is O=C(c1coc2ccccc12)C1CCOCC1. The first-order chi connectivity index (χ1) is 8.36. The summed E-state index contributed by atoms with van der Waals surface area (Å²) >= 11 is 0. The van der Waals surface area contributed by atoms with Crippen LogP contribution in [0.4, 0.5) is 0 Å². The van der Waals surface area contributed by atoms with E-state index < -0.39 is 0 Å². The fraction of sp³-hybridized carbons (Fsp3) is 0.357. The van der Waals surface area contributed by atoms with Crippen LogP contribution in [0, 0.1) is 5.92 Å². The number of Topliss-reactive ketones (excluding diaryl/α,β-unsaturated/α-hetero) is 1. The number of furan rings is 1. The molecule has 1 aliphatic rings. The summed E-state index contributed by atoms with van der Waals surface area (Å²) in [5.74, 6) is 0.281. The smallest absolute Gasteiger partial charge is 0.169 e. The second-order valence-corrected chi connectivity index (χ2v) is 4.40. The van der Waals surface area contributed by atoms with Gasteiger partial charge in [-0.1, -0.05) is 18.2 Å². The highest BCUT2D eigenvalue weighted by Crippen LogP contribution is 2.26. The third-order valence-corrected chi connectivity index (χ3v) is 3.34. The maximum atomic E-state index is 12.4. The van der Waals surface area contributed by atoms with Crippen molar-refractivity contribution in [2.75, 3.05) is 13.2 Å². The Balaban J connectivity index is 1.95. The van der Waals surface area contributed by atoms with Crippen molar-refractivity contribution in [3.63, 3.8) is 0 Å². The van der Waals surface area contributed by atoms with Gasteiger partial charge in [0.15, 0.2) is 5.78 Å². The highest BCUT2D eigenvalue weighted by atomic mass is 16.5. The van der Waals surface area contributed by atoms with Gasteiger partial charge in [0.25, 0.3) is 0 Å². The Morgan fingerprint density at radius 2 is 1.94 bits per heavy atom. The van der Waals surface area contributed by atoms with Crippen molar-refractivity contribution in [3.05, 3.63) is 36.1 Å². The van der Waals surface area contributed by atoms with E-state index in [2.05, 4.69) is 0 Å². The summed E-state index contributed by atoms with van der Waals surface area (Å²) in [6.45, 7) is 1.37. The molecule has 17 heavy (non-hydrogen) atoms. The van der Waals surface area contributed by atoms with E-state index in [1.807, 2.05) is 24.3 Å². The first-order valence-corrected chi connectivity index (χ1v) is 5.94. The molecule has 0 amide bonds. The molecule has 1 saturated heterocycles. The van der Waals surface area contributed by atoms with Crippen LogP contribution >= 0.6 is 0 Å². The third kappa shape index (κ3) is 1.87. The van der Waals surface area contributed by atoms with Crippen LogP contribution < -0.4 is 0 Å². The third-order valence-electron chi connectivity index (χ3n) is 3.34. The number of fused-ring (bicyclic) bond motifs is 1. The lowest BCUT2D eigenvalue weighted by Gasteiger charge is -2.20. The summed E-state index contributed by atoms with van der Waals surface area (Å²) in [5.41, 5.74) is 1.50. The van der Waals surface area contributed by atoms with Gasteiger partial charge in [-0.3, -0.25) is 4.79 Å². The van der Waals surface area contributed by atoms with Crippen molar-refractivity contribution in [3.8, 4) is 0 Å². The molecular formula is C14H14O3. The molecule has 0 saturated carbocycles. The normalized spacial score (nSPS) is 17.4. The van der Waals surface area contributed by atoms with Gasteiger partial charge in [0.05, 0.1) is 5.56 Å². The number of hydrogen-bond donors (Lipinski definition) is 0. The Morgan fingerprint density at radius 1 is 1.18 bits per heavy atom. The molecule has 0 unspecified atom stereocenters. The molecule has 0 N–H and O–H groups in total. The molecule has 1 aromatic heterocycles. The maximum Gasteiger partial charge on any atom is 0.169 e. The van der Waals surface area contributed by atoms with Gasteiger partial charge in [0.2, 0.25) is 0 Å². The summed E-state index contributed by atoms with van der Waals surface area (Å²) in [6.07, 6.45) is 3.22. The minimum Gasteiger partial charge on any atom is -0.464 e. The summed E-state index contributed by atoms with van der Waals surface area (Å²) in [7, 11) is 0. The predicted octanol–water partition coefficient (Wildman–Crippen LogP) is 3.04. The zero-order chi connectivity index (χ0) is 11.7. The number of rotatable bonds is 2. The lowest BCUT2D eigenvalue weighted by atomic mass is 9.91. The summed E-state index contributed by atoms with van der Waals surface area (Å²) in [4.78, 5) is 12.4. The summed E-state index contributed by atoms with van der Waals surface area (Å²) in [5, 5.41) is 0.920. The van der Waals surface area contributed by atoms with Crippen molar-refractivity contribution in [1.29, 1.82) is 0 Å². The number of ether oxygens (including phenoxy) is 1. The maximum absolute atomic E-state index is 12.4. The number of carbonyl (C=O) groups is 1. The number of benzene rings is 1. The van der Waals surface area contributed by atoms with Crippen LogP contribution in [0.2, 0.25) is 0 Å². The van der Waals surface area contributed by atoms with Crippen LogP contribution in [0.25, 0.3) is 11.0 Å². The van der Waals surface area contributed by atoms with Gasteiger partial charge in [-0.15, -0.1) is 0 Å². The highest BCUT2D eigenvalue weighted by Gasteiger charge is 2.25. The lowest BCUT2D eigenvalue weighted by molar-refractivity contribution is 0.0545. The Morgan fingerprint density at radius 3 is 2.76 bits per heavy atom. The van der Waals surface area contributed by atoms with E-state index >= 15 is 0 Å². The largest absolute Gasteiger partial charge is 0.464 e. The number of carbonyl (C=O) groups excluding carboxylic acids is 1. The first-order valence-electron chi connectivity index (χ1n) is 5.94. The van der Waals surface area contributed by atoms with Crippen molar-refractivity contribution >= 4 is 16.8 Å². The van der Waals surface area contributed by atoms with E-state index in [9.17, 15) is 4.79 Å². The van der Waals surface area contributed by atoms with Gasteiger partial charge >= 0.3 is 0 Å². The van der Waals surface area contributed by atoms with Crippen LogP contribution in [0.1, 0.15) is 23.2 Å². The first kappa shape index (κ1) is 10.5. The average molecular weight is 230 g/mol. The molecule has 0 atom stereocenters. The van der Waals surface area contributed by atoms with Gasteiger partial charge < -0.3 is 9.15 Å². The van der Waals surface area contributed by atoms with Crippen LogP contribution in [0.5, 0.6) is 0 Å². The number of ketones is 1. The predicted molar refractivity (Wildman–Crippen MR) is 64.1 cm³/mol. The number of hydrogen-bond acceptors (Lipinski definition) is 3. The molecule has 2 aromatic rings. The van der Waals surface area contributed by atoms with Crippen LogP contribution in [-0.4, -0.2) is 19.0 Å². The zero-order valence-corrected chi connectivity index (χ0v) is 9.52. The van der Waals surface area contributed by atoms with Gasteiger partial charge in [0, 0.05) is 24.5 Å². The Hall–Kier alpha value is -1.61. The van der Waals surface area contributed by atoms with Crippen LogP contribution in [0.15, 0.2) is 34.9 Å². The van der Waals surface area contributed by atoms with E-state index in [0.717, 1.165) is 23.8 Å². The van der Waals surface area contributed by atoms with E-state index in [1.165, 1.54) is 0 Å². The van der Waals surface area contributed by atoms with Crippen molar-refractivity contribution in [2.24, 2.45) is 5.92 Å². The molecule has 1 fully saturated rings. The van der Waals surface area contributed by atoms with Gasteiger partial charge in [-0.25, -0.2) is 0 Å². The Kier molecular flexibility index (Phi) is 2.69. The number of para-hydroxylation sites is 1. The topological polar surface area (TPSA) is 39.4 Å². The van der Waals surface area contributed by atoms with Gasteiger partial charge in [0.1, 0.15) is 11.8 Å². The fourth-order valence-electron chi connectivity index (χ4n) is 2.35. The quantitative estimate of drug-likeness (QED) is 0.744. The zero-order valence-electron chi connectivity index (χ0n) is 9.52. The standard InChI is InChI=1S/C14H14O3/c15-14(10-5-7-16-8-6-10)12-9-17-13-4-2-1-3-11(12)13/h1-4,9-10H,5-8H2. The molecule has 3 heteroatoms. The molecule has 0 radical (unpaired) electrons. The van der Waals surface area contributed by atoms with E-state index in [4.69, 9.17) is 9.15 Å². The molecule has 0 bridgehead atoms. The van der Waals surface area contributed by atoms with Crippen molar-refractivity contribution in [1.82, 2.24) is 0 Å². The molecule has 1 aromatic carbocycles. The van der Waals surface area contributed by atoms with Crippen LogP contribution in [0.3, 0.4) is 0 Å². The van der Waals surface area contributed by atoms with E-state index in [-0.39, 0.29) is 11.7 Å². The average Bonchev–Trinajstić information content (AvgIpc) is 2.83. The van der Waals surface area contributed by atoms with Crippen molar-refractivity contribution in [2.45, 2.75) is 12.8 Å². The molecule has 3 nitrogen and oxygen atoms in total. The van der Waals surface area contributed by atoms with Gasteiger partial charge in [-0.2, -0.15) is 0 Å². The van der Waals surface area contributed by atoms with E-state index in [0.29, 0.717) is 18.8 Å². The monoisotopic (exact) mass is 230 g/mol. The molecular weight excluding hydrogens is 216 g/mol. The van der Waals surface area contributed by atoms with E-state index in [1.54, 1.807) is 6.26 Å². The molecule has 2 heterocycles. The second-order valence-electron chi connectivity index (χ2n) is 4.40. The summed E-state index contributed by atoms with van der Waals surface area (Å²) in [6, 6.07) is 7.66. The Labute approximate surface area is 99.4 Å². The Bertz CT molecular complexity index is 535. The molecule has 0 aliphatic carbocycles.